The van der Waals surface area contributed by atoms with E-state index in [-0.39, 0.29) is 5.82 Å². The second kappa shape index (κ2) is 6.88. The number of aryl methyl sites for hydroxylation is 2. The van der Waals surface area contributed by atoms with E-state index in [1.807, 2.05) is 31.2 Å². The number of carbonyl (C=O) groups is 1. The third-order valence-corrected chi connectivity index (χ3v) is 3.15. The Morgan fingerprint density at radius 1 is 1.33 bits per heavy atom. The van der Waals surface area contributed by atoms with E-state index < -0.39 is 5.97 Å². The maximum atomic E-state index is 11.8. The first kappa shape index (κ1) is 15.0. The molecule has 112 valence electrons. The Labute approximate surface area is 123 Å². The van der Waals surface area contributed by atoms with Gasteiger partial charge < -0.3 is 14.0 Å². The zero-order chi connectivity index (χ0) is 15.2. The molecule has 0 N–H and O–H groups in total. The highest BCUT2D eigenvalue weighted by Gasteiger charge is 2.17. The fraction of sp³-hybridized carbons (Fsp3) is 0.400. The van der Waals surface area contributed by atoms with Crippen LogP contribution in [0.2, 0.25) is 0 Å². The Hall–Kier alpha value is -2.37. The molecule has 0 spiro atoms. The van der Waals surface area contributed by atoms with Gasteiger partial charge in [0.25, 0.3) is 0 Å². The Bertz CT molecular complexity index is 622. The van der Waals surface area contributed by atoms with Gasteiger partial charge in [0.05, 0.1) is 13.7 Å². The predicted octanol–water partition coefficient (Wildman–Crippen LogP) is 2.01. The number of hydrogen-bond acceptors (Lipinski definition) is 5. The number of rotatable bonds is 6. The van der Waals surface area contributed by atoms with E-state index in [4.69, 9.17) is 9.47 Å². The molecule has 1 heterocycles. The minimum absolute atomic E-state index is 0.247. The average Bonchev–Trinajstić information content (AvgIpc) is 2.86. The minimum atomic E-state index is -0.441. The van der Waals surface area contributed by atoms with Crippen LogP contribution in [-0.2, 0) is 17.7 Å². The smallest absolute Gasteiger partial charge is 0.376 e. The highest BCUT2D eigenvalue weighted by Crippen LogP contribution is 2.14. The number of esters is 1. The quantitative estimate of drug-likeness (QED) is 0.761. The molecule has 6 heteroatoms. The third-order valence-electron chi connectivity index (χ3n) is 3.15. The molecule has 0 fully saturated rings. The molecule has 6 nitrogen and oxygen atoms in total. The van der Waals surface area contributed by atoms with Gasteiger partial charge in [0, 0.05) is 6.54 Å². The molecule has 2 rings (SSSR count). The third kappa shape index (κ3) is 3.59. The van der Waals surface area contributed by atoms with Crippen molar-refractivity contribution in [2.75, 3.05) is 13.7 Å². The molecule has 0 atom stereocenters. The summed E-state index contributed by atoms with van der Waals surface area (Å²) in [6.07, 6.45) is 0.752. The molecule has 0 saturated heterocycles. The first-order chi connectivity index (χ1) is 10.2. The second-order valence-electron chi connectivity index (χ2n) is 4.54. The summed E-state index contributed by atoms with van der Waals surface area (Å²) in [5, 5.41) is 7.85. The van der Waals surface area contributed by atoms with E-state index in [0.717, 1.165) is 17.7 Å². The van der Waals surface area contributed by atoms with Gasteiger partial charge in [-0.2, -0.15) is 0 Å². The molecule has 0 bridgehead atoms. The van der Waals surface area contributed by atoms with Crippen molar-refractivity contribution in [2.24, 2.45) is 0 Å². The van der Waals surface area contributed by atoms with Gasteiger partial charge in [0.2, 0.25) is 5.82 Å². The van der Waals surface area contributed by atoms with Crippen LogP contribution in [-0.4, -0.2) is 34.5 Å². The first-order valence-corrected chi connectivity index (χ1v) is 6.85. The van der Waals surface area contributed by atoms with Crippen molar-refractivity contribution in [3.05, 3.63) is 41.5 Å². The highest BCUT2D eigenvalue weighted by atomic mass is 16.5. The van der Waals surface area contributed by atoms with Crippen LogP contribution in [0.25, 0.3) is 0 Å². The summed E-state index contributed by atoms with van der Waals surface area (Å²) in [4.78, 5) is 11.8. The molecular weight excluding hydrogens is 270 g/mol. The number of ether oxygens (including phenoxy) is 2. The van der Waals surface area contributed by atoms with Gasteiger partial charge in [-0.15, -0.1) is 10.2 Å². The van der Waals surface area contributed by atoms with Crippen LogP contribution in [0.15, 0.2) is 24.3 Å². The van der Waals surface area contributed by atoms with Gasteiger partial charge in [-0.1, -0.05) is 12.1 Å². The predicted molar refractivity (Wildman–Crippen MR) is 77.4 cm³/mol. The van der Waals surface area contributed by atoms with E-state index in [1.165, 1.54) is 0 Å². The lowest BCUT2D eigenvalue weighted by molar-refractivity contribution is 0.0505. The van der Waals surface area contributed by atoms with Gasteiger partial charge in [-0.25, -0.2) is 4.79 Å². The summed E-state index contributed by atoms with van der Waals surface area (Å²) < 4.78 is 12.0. The zero-order valence-corrected chi connectivity index (χ0v) is 12.5. The molecule has 0 radical (unpaired) electrons. The Morgan fingerprint density at radius 2 is 2.14 bits per heavy atom. The Kier molecular flexibility index (Phi) is 4.92. The highest BCUT2D eigenvalue weighted by molar-refractivity contribution is 5.85. The maximum absolute atomic E-state index is 11.8. The first-order valence-electron chi connectivity index (χ1n) is 6.85. The molecule has 0 unspecified atom stereocenters. The molecule has 0 saturated carbocycles. The van der Waals surface area contributed by atoms with Crippen LogP contribution in [0.3, 0.4) is 0 Å². The van der Waals surface area contributed by atoms with Crippen LogP contribution in [0.4, 0.5) is 0 Å². The van der Waals surface area contributed by atoms with E-state index >= 15 is 0 Å². The molecule has 0 aliphatic heterocycles. The number of nitrogens with zero attached hydrogens (tertiary/aromatic N) is 3. The van der Waals surface area contributed by atoms with Crippen molar-refractivity contribution < 1.29 is 14.3 Å². The topological polar surface area (TPSA) is 66.2 Å². The lowest BCUT2D eigenvalue weighted by Gasteiger charge is -2.09. The molecular formula is C15H19N3O3. The maximum Gasteiger partial charge on any atom is 0.376 e. The lowest BCUT2D eigenvalue weighted by Crippen LogP contribution is -2.15. The van der Waals surface area contributed by atoms with Crippen molar-refractivity contribution in [1.29, 1.82) is 0 Å². The van der Waals surface area contributed by atoms with E-state index in [1.54, 1.807) is 18.6 Å². The monoisotopic (exact) mass is 289 g/mol. The fourth-order valence-corrected chi connectivity index (χ4v) is 2.06. The average molecular weight is 289 g/mol. The summed E-state index contributed by atoms with van der Waals surface area (Å²) in [7, 11) is 1.64. The fourth-order valence-electron chi connectivity index (χ4n) is 2.06. The Morgan fingerprint density at radius 3 is 2.86 bits per heavy atom. The molecule has 0 aliphatic carbocycles. The summed E-state index contributed by atoms with van der Waals surface area (Å²) >= 11 is 0. The van der Waals surface area contributed by atoms with Crippen LogP contribution < -0.4 is 4.74 Å². The standard InChI is InChI=1S/C15H19N3O3/c1-4-21-15(19)14-17-16-11(2)18(14)9-8-12-6-5-7-13(10-12)20-3/h5-7,10H,4,8-9H2,1-3H3. The number of carbonyl (C=O) groups excluding carboxylic acids is 1. The van der Waals surface area contributed by atoms with Crippen LogP contribution in [0.1, 0.15) is 28.9 Å². The summed E-state index contributed by atoms with van der Waals surface area (Å²) in [6.45, 7) is 4.52. The second-order valence-corrected chi connectivity index (χ2v) is 4.54. The molecule has 1 aromatic carbocycles. The summed E-state index contributed by atoms with van der Waals surface area (Å²) in [5.41, 5.74) is 1.12. The van der Waals surface area contributed by atoms with Gasteiger partial charge in [-0.05, 0) is 38.0 Å². The molecule has 1 aromatic heterocycles. The van der Waals surface area contributed by atoms with Crippen LogP contribution in [0.5, 0.6) is 5.75 Å². The van der Waals surface area contributed by atoms with Crippen molar-refractivity contribution in [1.82, 2.24) is 14.8 Å². The minimum Gasteiger partial charge on any atom is -0.497 e. The van der Waals surface area contributed by atoms with E-state index in [0.29, 0.717) is 19.0 Å². The van der Waals surface area contributed by atoms with Crippen LogP contribution in [0, 0.1) is 6.92 Å². The van der Waals surface area contributed by atoms with Crippen molar-refractivity contribution in [3.8, 4) is 5.75 Å². The van der Waals surface area contributed by atoms with Crippen molar-refractivity contribution >= 4 is 5.97 Å². The van der Waals surface area contributed by atoms with E-state index in [9.17, 15) is 4.79 Å². The van der Waals surface area contributed by atoms with Crippen molar-refractivity contribution in [2.45, 2.75) is 26.8 Å². The molecule has 0 aliphatic rings. The van der Waals surface area contributed by atoms with Gasteiger partial charge in [0.15, 0.2) is 0 Å². The zero-order valence-electron chi connectivity index (χ0n) is 12.5. The number of aromatic nitrogens is 3. The molecule has 21 heavy (non-hydrogen) atoms. The largest absolute Gasteiger partial charge is 0.497 e. The molecule has 2 aromatic rings. The van der Waals surface area contributed by atoms with E-state index in [2.05, 4.69) is 10.2 Å². The van der Waals surface area contributed by atoms with Gasteiger partial charge >= 0.3 is 5.97 Å². The van der Waals surface area contributed by atoms with Gasteiger partial charge in [-0.3, -0.25) is 0 Å². The molecule has 0 amide bonds. The van der Waals surface area contributed by atoms with Crippen molar-refractivity contribution in [3.63, 3.8) is 0 Å². The van der Waals surface area contributed by atoms with Crippen LogP contribution >= 0.6 is 0 Å². The Balaban J connectivity index is 2.12. The SMILES string of the molecule is CCOC(=O)c1nnc(C)n1CCc1cccc(OC)c1. The lowest BCUT2D eigenvalue weighted by atomic mass is 10.1. The number of benzene rings is 1. The number of methoxy groups -OCH3 is 1. The summed E-state index contributed by atoms with van der Waals surface area (Å²) in [6, 6.07) is 7.84. The normalized spacial score (nSPS) is 10.4. The van der Waals surface area contributed by atoms with Gasteiger partial charge in [0.1, 0.15) is 11.6 Å². The number of hydrogen-bond donors (Lipinski definition) is 0. The summed E-state index contributed by atoms with van der Waals surface area (Å²) in [5.74, 6) is 1.32.